The van der Waals surface area contributed by atoms with Crippen molar-refractivity contribution in [2.24, 2.45) is 0 Å². The Bertz CT molecular complexity index is 892. The molecule has 0 atom stereocenters. The van der Waals surface area contributed by atoms with Gasteiger partial charge in [0.05, 0.1) is 29.6 Å². The molecule has 1 aromatic heterocycles. The minimum Gasteiger partial charge on any atom is -0.484 e. The predicted molar refractivity (Wildman–Crippen MR) is 93.9 cm³/mol. The molecule has 0 aliphatic carbocycles. The zero-order chi connectivity index (χ0) is 17.6. The van der Waals surface area contributed by atoms with E-state index in [0.717, 1.165) is 17.2 Å². The van der Waals surface area contributed by atoms with Gasteiger partial charge in [-0.3, -0.25) is 4.79 Å². The number of carbonyl (C=O) groups excluding carboxylic acids is 2. The molecule has 0 unspecified atom stereocenters. The van der Waals surface area contributed by atoms with Gasteiger partial charge in [-0.05, 0) is 43.3 Å². The van der Waals surface area contributed by atoms with Crippen molar-refractivity contribution in [3.8, 4) is 5.75 Å². The zero-order valence-corrected chi connectivity index (χ0v) is 14.2. The number of anilines is 1. The summed E-state index contributed by atoms with van der Waals surface area (Å²) < 4.78 is 18.6. The second-order valence-electron chi connectivity index (χ2n) is 5.02. The third-order valence-corrected chi connectivity index (χ3v) is 3.84. The fraction of sp³-hybridized carbons (Fsp3) is 0.176. The molecule has 0 fully saturated rings. The molecule has 8 heteroatoms. The fourth-order valence-corrected chi connectivity index (χ4v) is 2.69. The summed E-state index contributed by atoms with van der Waals surface area (Å²) in [5.74, 6) is -0.219. The van der Waals surface area contributed by atoms with Crippen LogP contribution in [0.5, 0.6) is 5.75 Å². The van der Waals surface area contributed by atoms with Gasteiger partial charge >= 0.3 is 5.97 Å². The van der Waals surface area contributed by atoms with E-state index in [9.17, 15) is 9.59 Å². The van der Waals surface area contributed by atoms with Crippen LogP contribution in [-0.2, 0) is 9.53 Å². The fourth-order valence-electron chi connectivity index (χ4n) is 2.14. The van der Waals surface area contributed by atoms with Crippen LogP contribution in [0.3, 0.4) is 0 Å². The molecule has 1 amide bonds. The van der Waals surface area contributed by atoms with E-state index in [4.69, 9.17) is 9.47 Å². The van der Waals surface area contributed by atoms with E-state index >= 15 is 0 Å². The predicted octanol–water partition coefficient (Wildman–Crippen LogP) is 2.89. The monoisotopic (exact) mass is 357 g/mol. The van der Waals surface area contributed by atoms with Crippen LogP contribution in [0.1, 0.15) is 17.3 Å². The van der Waals surface area contributed by atoms with Gasteiger partial charge in [-0.2, -0.15) is 8.75 Å². The molecule has 0 saturated heterocycles. The minimum absolute atomic E-state index is 0.160. The first kappa shape index (κ1) is 16.8. The lowest BCUT2D eigenvalue weighted by Crippen LogP contribution is -2.20. The van der Waals surface area contributed by atoms with Gasteiger partial charge in [-0.15, -0.1) is 0 Å². The molecule has 2 aromatic carbocycles. The highest BCUT2D eigenvalue weighted by Gasteiger charge is 2.10. The van der Waals surface area contributed by atoms with Gasteiger partial charge in [0.15, 0.2) is 6.61 Å². The summed E-state index contributed by atoms with van der Waals surface area (Å²) in [5.41, 5.74) is 2.41. The summed E-state index contributed by atoms with van der Waals surface area (Å²) >= 11 is 1.09. The summed E-state index contributed by atoms with van der Waals surface area (Å²) in [6.45, 7) is 1.90. The van der Waals surface area contributed by atoms with Gasteiger partial charge in [0, 0.05) is 0 Å². The SMILES string of the molecule is CCOC(=O)c1ccc(OCC(=O)Nc2cccc3nsnc23)cc1. The Labute approximate surface area is 147 Å². The van der Waals surface area contributed by atoms with Gasteiger partial charge in [-0.1, -0.05) is 6.07 Å². The van der Waals surface area contributed by atoms with Crippen LogP contribution in [0.4, 0.5) is 5.69 Å². The number of ether oxygens (including phenoxy) is 2. The summed E-state index contributed by atoms with van der Waals surface area (Å²) in [7, 11) is 0. The van der Waals surface area contributed by atoms with Crippen molar-refractivity contribution < 1.29 is 19.1 Å². The van der Waals surface area contributed by atoms with E-state index in [1.807, 2.05) is 6.07 Å². The van der Waals surface area contributed by atoms with Crippen molar-refractivity contribution in [3.05, 3.63) is 48.0 Å². The molecule has 0 aliphatic rings. The van der Waals surface area contributed by atoms with Gasteiger partial charge in [0.25, 0.3) is 5.91 Å². The lowest BCUT2D eigenvalue weighted by atomic mass is 10.2. The smallest absolute Gasteiger partial charge is 0.338 e. The maximum absolute atomic E-state index is 12.1. The summed E-state index contributed by atoms with van der Waals surface area (Å²) in [6, 6.07) is 11.8. The second-order valence-corrected chi connectivity index (χ2v) is 5.55. The largest absolute Gasteiger partial charge is 0.484 e. The number of hydrogen-bond donors (Lipinski definition) is 1. The first-order valence-electron chi connectivity index (χ1n) is 7.58. The van der Waals surface area contributed by atoms with Crippen molar-refractivity contribution in [1.29, 1.82) is 0 Å². The molecule has 0 saturated carbocycles. The van der Waals surface area contributed by atoms with Gasteiger partial charge in [0.1, 0.15) is 16.8 Å². The van der Waals surface area contributed by atoms with Crippen LogP contribution >= 0.6 is 11.7 Å². The number of aromatic nitrogens is 2. The first-order valence-corrected chi connectivity index (χ1v) is 8.31. The summed E-state index contributed by atoms with van der Waals surface area (Å²) in [5, 5.41) is 2.75. The molecule has 1 N–H and O–H groups in total. The topological polar surface area (TPSA) is 90.4 Å². The number of carbonyl (C=O) groups is 2. The van der Waals surface area contributed by atoms with E-state index in [-0.39, 0.29) is 12.5 Å². The molecule has 1 heterocycles. The Kier molecular flexibility index (Phi) is 5.20. The zero-order valence-electron chi connectivity index (χ0n) is 13.4. The van der Waals surface area contributed by atoms with E-state index in [1.54, 1.807) is 43.3 Å². The molecular formula is C17H15N3O4S. The molecule has 7 nitrogen and oxygen atoms in total. The molecule has 0 bridgehead atoms. The Morgan fingerprint density at radius 2 is 1.92 bits per heavy atom. The number of esters is 1. The lowest BCUT2D eigenvalue weighted by molar-refractivity contribution is -0.118. The molecule has 0 aliphatic heterocycles. The average Bonchev–Trinajstić information content (AvgIpc) is 3.10. The third kappa shape index (κ3) is 4.10. The molecule has 128 valence electrons. The number of hydrogen-bond acceptors (Lipinski definition) is 7. The lowest BCUT2D eigenvalue weighted by Gasteiger charge is -2.08. The Morgan fingerprint density at radius 3 is 2.68 bits per heavy atom. The normalized spacial score (nSPS) is 10.4. The minimum atomic E-state index is -0.392. The van der Waals surface area contributed by atoms with Crippen LogP contribution in [0.25, 0.3) is 11.0 Å². The third-order valence-electron chi connectivity index (χ3n) is 3.30. The number of rotatable bonds is 6. The highest BCUT2D eigenvalue weighted by atomic mass is 32.1. The van der Waals surface area contributed by atoms with Gasteiger partial charge < -0.3 is 14.8 Å². The Morgan fingerprint density at radius 1 is 1.12 bits per heavy atom. The second kappa shape index (κ2) is 7.71. The standard InChI is InChI=1S/C17H15N3O4S/c1-2-23-17(22)11-6-8-12(9-7-11)24-10-15(21)18-13-4-3-5-14-16(13)20-25-19-14/h3-9H,2,10H2,1H3,(H,18,21). The van der Waals surface area contributed by atoms with Crippen LogP contribution in [-0.4, -0.2) is 33.8 Å². The number of nitrogens with zero attached hydrogens (tertiary/aromatic N) is 2. The van der Waals surface area contributed by atoms with E-state index in [0.29, 0.717) is 29.1 Å². The van der Waals surface area contributed by atoms with Crippen LogP contribution in [0, 0.1) is 0 Å². The van der Waals surface area contributed by atoms with E-state index in [2.05, 4.69) is 14.1 Å². The van der Waals surface area contributed by atoms with Crippen LogP contribution < -0.4 is 10.1 Å². The number of amides is 1. The number of benzene rings is 2. The quantitative estimate of drug-likeness (QED) is 0.682. The molecule has 0 radical (unpaired) electrons. The van der Waals surface area contributed by atoms with E-state index < -0.39 is 5.97 Å². The maximum Gasteiger partial charge on any atom is 0.338 e. The number of fused-ring (bicyclic) bond motifs is 1. The van der Waals surface area contributed by atoms with Crippen molar-refractivity contribution in [2.45, 2.75) is 6.92 Å². The summed E-state index contributed by atoms with van der Waals surface area (Å²) in [4.78, 5) is 23.6. The summed E-state index contributed by atoms with van der Waals surface area (Å²) in [6.07, 6.45) is 0. The van der Waals surface area contributed by atoms with Crippen LogP contribution in [0.15, 0.2) is 42.5 Å². The maximum atomic E-state index is 12.1. The van der Waals surface area contributed by atoms with Crippen LogP contribution in [0.2, 0.25) is 0 Å². The van der Waals surface area contributed by atoms with Gasteiger partial charge in [-0.25, -0.2) is 4.79 Å². The van der Waals surface area contributed by atoms with Crippen molar-refractivity contribution in [3.63, 3.8) is 0 Å². The van der Waals surface area contributed by atoms with E-state index in [1.165, 1.54) is 0 Å². The Balaban J connectivity index is 1.57. The highest BCUT2D eigenvalue weighted by molar-refractivity contribution is 7.00. The van der Waals surface area contributed by atoms with Crippen molar-refractivity contribution in [1.82, 2.24) is 8.75 Å². The number of nitrogens with one attached hydrogen (secondary N) is 1. The molecule has 3 rings (SSSR count). The highest BCUT2D eigenvalue weighted by Crippen LogP contribution is 2.21. The molecule has 25 heavy (non-hydrogen) atoms. The van der Waals surface area contributed by atoms with Crippen molar-refractivity contribution >= 4 is 40.3 Å². The first-order chi connectivity index (χ1) is 12.2. The average molecular weight is 357 g/mol. The van der Waals surface area contributed by atoms with Gasteiger partial charge in [0.2, 0.25) is 0 Å². The Hall–Kier alpha value is -3.00. The molecule has 0 spiro atoms. The van der Waals surface area contributed by atoms with Crippen molar-refractivity contribution in [2.75, 3.05) is 18.5 Å². The molecule has 3 aromatic rings. The molecular weight excluding hydrogens is 342 g/mol.